The maximum atomic E-state index is 5.44. The maximum Gasteiger partial charge on any atom is 0.191 e. The van der Waals surface area contributed by atoms with Gasteiger partial charge in [-0.3, -0.25) is 14.8 Å². The number of likely N-dealkylation sites (tertiary alicyclic amines) is 1. The molecule has 2 aliphatic rings. The van der Waals surface area contributed by atoms with Crippen LogP contribution in [0.2, 0.25) is 0 Å². The number of hydrogen-bond donors (Lipinski definition) is 2. The molecule has 6 nitrogen and oxygen atoms in total. The monoisotopic (exact) mass is 387 g/mol. The van der Waals surface area contributed by atoms with Gasteiger partial charge in [0, 0.05) is 52.4 Å². The van der Waals surface area contributed by atoms with Crippen molar-refractivity contribution in [2.45, 2.75) is 32.4 Å². The van der Waals surface area contributed by atoms with Gasteiger partial charge < -0.3 is 15.4 Å². The fraction of sp³-hybridized carbons (Fsp3) is 0.682. The van der Waals surface area contributed by atoms with E-state index in [1.54, 1.807) is 0 Å². The zero-order valence-electron chi connectivity index (χ0n) is 17.6. The molecule has 2 fully saturated rings. The highest BCUT2D eigenvalue weighted by atomic mass is 16.5. The van der Waals surface area contributed by atoms with Gasteiger partial charge in [-0.1, -0.05) is 37.3 Å². The highest BCUT2D eigenvalue weighted by Crippen LogP contribution is 2.13. The number of aliphatic imine (C=N–C) groups is 1. The number of guanidine groups is 1. The summed E-state index contributed by atoms with van der Waals surface area (Å²) in [5.74, 6) is 1.51. The van der Waals surface area contributed by atoms with E-state index in [1.165, 1.54) is 24.9 Å². The first kappa shape index (κ1) is 21.1. The largest absolute Gasteiger partial charge is 0.379 e. The average molecular weight is 388 g/mol. The Bertz CT molecular complexity index is 588. The molecule has 0 aliphatic carbocycles. The Kier molecular flexibility index (Phi) is 8.58. The minimum absolute atomic E-state index is 0.457. The van der Waals surface area contributed by atoms with Crippen LogP contribution in [-0.2, 0) is 11.3 Å². The first-order valence-electron chi connectivity index (χ1n) is 10.8. The predicted molar refractivity (Wildman–Crippen MR) is 116 cm³/mol. The van der Waals surface area contributed by atoms with Gasteiger partial charge in [0.2, 0.25) is 0 Å². The second-order valence-corrected chi connectivity index (χ2v) is 8.18. The van der Waals surface area contributed by atoms with Gasteiger partial charge in [0.25, 0.3) is 0 Å². The third-order valence-corrected chi connectivity index (χ3v) is 5.61. The van der Waals surface area contributed by atoms with Crippen molar-refractivity contribution in [2.75, 3.05) is 59.5 Å². The molecular weight excluding hydrogens is 350 g/mol. The van der Waals surface area contributed by atoms with Crippen molar-refractivity contribution in [3.8, 4) is 0 Å². The molecule has 0 spiro atoms. The summed E-state index contributed by atoms with van der Waals surface area (Å²) in [6.07, 6.45) is 2.43. The van der Waals surface area contributed by atoms with Crippen LogP contribution < -0.4 is 10.6 Å². The lowest BCUT2D eigenvalue weighted by atomic mass is 10.0. The van der Waals surface area contributed by atoms with Gasteiger partial charge in [0.1, 0.15) is 0 Å². The van der Waals surface area contributed by atoms with E-state index in [0.717, 1.165) is 58.4 Å². The molecule has 6 heteroatoms. The van der Waals surface area contributed by atoms with Gasteiger partial charge in [0.05, 0.1) is 13.2 Å². The van der Waals surface area contributed by atoms with E-state index in [-0.39, 0.29) is 0 Å². The Morgan fingerprint density at radius 3 is 2.71 bits per heavy atom. The van der Waals surface area contributed by atoms with Crippen molar-refractivity contribution in [3.63, 3.8) is 0 Å². The van der Waals surface area contributed by atoms with E-state index >= 15 is 0 Å². The molecule has 28 heavy (non-hydrogen) atoms. The lowest BCUT2D eigenvalue weighted by Crippen LogP contribution is -2.51. The minimum Gasteiger partial charge on any atom is -0.379 e. The number of ether oxygens (including phenoxy) is 1. The molecule has 2 aliphatic heterocycles. The van der Waals surface area contributed by atoms with Crippen molar-refractivity contribution < 1.29 is 4.74 Å². The van der Waals surface area contributed by atoms with Crippen LogP contribution in [0.3, 0.4) is 0 Å². The number of benzene rings is 1. The Balaban J connectivity index is 1.39. The number of hydrogen-bond acceptors (Lipinski definition) is 4. The Labute approximate surface area is 170 Å². The molecule has 156 valence electrons. The zero-order chi connectivity index (χ0) is 19.6. The fourth-order valence-corrected chi connectivity index (χ4v) is 4.11. The van der Waals surface area contributed by atoms with E-state index in [4.69, 9.17) is 4.74 Å². The fourth-order valence-electron chi connectivity index (χ4n) is 4.11. The lowest BCUT2D eigenvalue weighted by molar-refractivity contribution is 0.0320. The number of morpholine rings is 1. The normalized spacial score (nSPS) is 23.4. The predicted octanol–water partition coefficient (Wildman–Crippen LogP) is 1.78. The summed E-state index contributed by atoms with van der Waals surface area (Å²) in [6, 6.07) is 11.2. The molecule has 1 aromatic rings. The van der Waals surface area contributed by atoms with Crippen LogP contribution in [0.1, 0.15) is 25.3 Å². The first-order valence-corrected chi connectivity index (χ1v) is 10.8. The molecule has 2 saturated heterocycles. The summed E-state index contributed by atoms with van der Waals surface area (Å²) in [5.41, 5.74) is 1.39. The molecule has 2 heterocycles. The Morgan fingerprint density at radius 1 is 1.18 bits per heavy atom. The van der Waals surface area contributed by atoms with Crippen LogP contribution in [0.15, 0.2) is 35.3 Å². The molecule has 0 amide bonds. The zero-order valence-corrected chi connectivity index (χ0v) is 17.6. The van der Waals surface area contributed by atoms with Crippen molar-refractivity contribution in [2.24, 2.45) is 10.9 Å². The minimum atomic E-state index is 0.457. The molecule has 1 aromatic carbocycles. The van der Waals surface area contributed by atoms with Crippen LogP contribution in [0, 0.1) is 5.92 Å². The van der Waals surface area contributed by atoms with E-state index in [2.05, 4.69) is 62.7 Å². The summed E-state index contributed by atoms with van der Waals surface area (Å²) in [4.78, 5) is 9.49. The highest BCUT2D eigenvalue weighted by Gasteiger charge is 2.21. The van der Waals surface area contributed by atoms with Crippen molar-refractivity contribution in [1.82, 2.24) is 20.4 Å². The first-order chi connectivity index (χ1) is 13.7. The molecule has 2 atom stereocenters. The summed E-state index contributed by atoms with van der Waals surface area (Å²) in [6.45, 7) is 11.5. The van der Waals surface area contributed by atoms with E-state index in [9.17, 15) is 0 Å². The molecule has 0 saturated carbocycles. The van der Waals surface area contributed by atoms with Crippen LogP contribution in [-0.4, -0.2) is 81.3 Å². The van der Waals surface area contributed by atoms with Crippen LogP contribution >= 0.6 is 0 Å². The van der Waals surface area contributed by atoms with Gasteiger partial charge in [-0.2, -0.15) is 0 Å². The molecule has 2 N–H and O–H groups in total. The number of nitrogens with one attached hydrogen (secondary N) is 2. The van der Waals surface area contributed by atoms with Gasteiger partial charge in [-0.15, -0.1) is 0 Å². The molecule has 2 unspecified atom stereocenters. The standard InChI is InChI=1S/C22H37N5O/c1-19(16-26-11-13-28-14-12-26)15-24-22(23-2)25-21-9-6-10-27(18-21)17-20-7-4-3-5-8-20/h3-5,7-8,19,21H,6,9-18H2,1-2H3,(H2,23,24,25). The second-order valence-electron chi connectivity index (χ2n) is 8.18. The van der Waals surface area contributed by atoms with Gasteiger partial charge in [0.15, 0.2) is 5.96 Å². The maximum absolute atomic E-state index is 5.44. The molecule has 3 rings (SSSR count). The van der Waals surface area contributed by atoms with E-state index in [1.807, 2.05) is 7.05 Å². The van der Waals surface area contributed by atoms with Gasteiger partial charge in [-0.05, 0) is 30.9 Å². The third-order valence-electron chi connectivity index (χ3n) is 5.61. The van der Waals surface area contributed by atoms with Gasteiger partial charge in [-0.25, -0.2) is 0 Å². The quantitative estimate of drug-likeness (QED) is 0.552. The number of piperidine rings is 1. The molecule has 0 radical (unpaired) electrons. The van der Waals surface area contributed by atoms with Crippen molar-refractivity contribution in [1.29, 1.82) is 0 Å². The molecule has 0 bridgehead atoms. The Hall–Kier alpha value is -1.63. The average Bonchev–Trinajstić information content (AvgIpc) is 2.73. The smallest absolute Gasteiger partial charge is 0.191 e. The van der Waals surface area contributed by atoms with Crippen molar-refractivity contribution >= 4 is 5.96 Å². The van der Waals surface area contributed by atoms with Crippen molar-refractivity contribution in [3.05, 3.63) is 35.9 Å². The lowest BCUT2D eigenvalue weighted by Gasteiger charge is -2.34. The van der Waals surface area contributed by atoms with Crippen LogP contribution in [0.25, 0.3) is 0 Å². The summed E-state index contributed by atoms with van der Waals surface area (Å²) < 4.78 is 5.44. The number of rotatable bonds is 7. The summed E-state index contributed by atoms with van der Waals surface area (Å²) in [5, 5.41) is 7.18. The van der Waals surface area contributed by atoms with Gasteiger partial charge >= 0.3 is 0 Å². The third kappa shape index (κ3) is 7.08. The Morgan fingerprint density at radius 2 is 1.96 bits per heavy atom. The van der Waals surface area contributed by atoms with Crippen LogP contribution in [0.4, 0.5) is 0 Å². The number of nitrogens with zero attached hydrogens (tertiary/aromatic N) is 3. The summed E-state index contributed by atoms with van der Waals surface area (Å²) >= 11 is 0. The van der Waals surface area contributed by atoms with E-state index in [0.29, 0.717) is 12.0 Å². The molecular formula is C22H37N5O. The SMILES string of the molecule is CN=C(NCC(C)CN1CCOCC1)NC1CCCN(Cc2ccccc2)C1. The second kappa shape index (κ2) is 11.4. The topological polar surface area (TPSA) is 52.1 Å². The molecule has 0 aromatic heterocycles. The highest BCUT2D eigenvalue weighted by molar-refractivity contribution is 5.80. The van der Waals surface area contributed by atoms with Crippen LogP contribution in [0.5, 0.6) is 0 Å². The van der Waals surface area contributed by atoms with E-state index < -0.39 is 0 Å². The summed E-state index contributed by atoms with van der Waals surface area (Å²) in [7, 11) is 1.87.